The summed E-state index contributed by atoms with van der Waals surface area (Å²) in [6.45, 7) is 3.21. The van der Waals surface area contributed by atoms with Gasteiger partial charge in [-0.2, -0.15) is 11.8 Å². The number of hydrogen-bond donors (Lipinski definition) is 0. The Kier molecular flexibility index (Phi) is 5.30. The fourth-order valence-electron chi connectivity index (χ4n) is 2.35. The van der Waals surface area contributed by atoms with Gasteiger partial charge >= 0.3 is 0 Å². The van der Waals surface area contributed by atoms with Crippen molar-refractivity contribution in [3.8, 4) is 0 Å². The van der Waals surface area contributed by atoms with Gasteiger partial charge in [-0.3, -0.25) is 0 Å². The van der Waals surface area contributed by atoms with E-state index < -0.39 is 10.0 Å². The largest absolute Gasteiger partial charge is 0.214 e. The van der Waals surface area contributed by atoms with Crippen LogP contribution in [-0.4, -0.2) is 37.3 Å². The number of nitrogens with zero attached hydrogens (tertiary/aromatic N) is 1. The fourth-order valence-corrected chi connectivity index (χ4v) is 5.22. The van der Waals surface area contributed by atoms with Gasteiger partial charge in [-0.1, -0.05) is 37.3 Å². The first-order valence-electron chi connectivity index (χ1n) is 6.78. The molecule has 0 radical (unpaired) electrons. The van der Waals surface area contributed by atoms with Crippen LogP contribution in [0.1, 0.15) is 30.6 Å². The molecule has 1 aliphatic heterocycles. The first-order chi connectivity index (χ1) is 9.13. The van der Waals surface area contributed by atoms with Gasteiger partial charge < -0.3 is 0 Å². The third-order valence-corrected chi connectivity index (χ3v) is 6.73. The number of benzene rings is 1. The van der Waals surface area contributed by atoms with E-state index in [1.807, 2.05) is 36.9 Å². The van der Waals surface area contributed by atoms with Crippen molar-refractivity contribution in [1.29, 1.82) is 0 Å². The Morgan fingerprint density at radius 2 is 2.00 bits per heavy atom. The second kappa shape index (κ2) is 6.77. The Hall–Kier alpha value is -0.520. The highest BCUT2D eigenvalue weighted by Crippen LogP contribution is 2.34. The second-order valence-corrected chi connectivity index (χ2v) is 8.17. The van der Waals surface area contributed by atoms with Crippen LogP contribution in [0, 0.1) is 0 Å². The summed E-state index contributed by atoms with van der Waals surface area (Å²) in [6.07, 6.45) is 1.59. The normalized spacial score (nSPS) is 22.1. The third-order valence-electron chi connectivity index (χ3n) is 3.33. The highest BCUT2D eigenvalue weighted by Gasteiger charge is 2.25. The number of hydrogen-bond acceptors (Lipinski definition) is 3. The Balaban J connectivity index is 2.03. The molecule has 2 rings (SSSR count). The third kappa shape index (κ3) is 3.97. The fraction of sp³-hybridized carbons (Fsp3) is 0.571. The molecule has 0 aliphatic carbocycles. The molecule has 1 fully saturated rings. The standard InChI is InChI=1S/C14H21NO2S2/c1-2-12-19(16,17)15-9-8-14(18-11-10-15)13-6-4-3-5-7-13/h3-7,14H,2,8-12H2,1H3. The lowest BCUT2D eigenvalue weighted by molar-refractivity contribution is 0.427. The molecule has 106 valence electrons. The van der Waals surface area contributed by atoms with E-state index in [-0.39, 0.29) is 5.75 Å². The van der Waals surface area contributed by atoms with Gasteiger partial charge in [0.15, 0.2) is 0 Å². The molecule has 0 saturated carbocycles. The Morgan fingerprint density at radius 3 is 2.68 bits per heavy atom. The van der Waals surface area contributed by atoms with Gasteiger partial charge in [0, 0.05) is 24.1 Å². The highest BCUT2D eigenvalue weighted by atomic mass is 32.2. The molecule has 0 N–H and O–H groups in total. The summed E-state index contributed by atoms with van der Waals surface area (Å²) in [5.74, 6) is 1.15. The van der Waals surface area contributed by atoms with Gasteiger partial charge in [-0.25, -0.2) is 12.7 Å². The average Bonchev–Trinajstić information content (AvgIpc) is 2.66. The Bertz CT molecular complexity index is 487. The Labute approximate surface area is 120 Å². The van der Waals surface area contributed by atoms with Crippen molar-refractivity contribution in [3.05, 3.63) is 35.9 Å². The van der Waals surface area contributed by atoms with Crippen molar-refractivity contribution in [2.75, 3.05) is 24.6 Å². The van der Waals surface area contributed by atoms with Crippen LogP contribution < -0.4 is 0 Å². The van der Waals surface area contributed by atoms with Gasteiger partial charge in [0.2, 0.25) is 10.0 Å². The first kappa shape index (κ1) is 14.9. The van der Waals surface area contributed by atoms with Crippen molar-refractivity contribution in [2.45, 2.75) is 25.0 Å². The van der Waals surface area contributed by atoms with E-state index in [4.69, 9.17) is 0 Å². The minimum absolute atomic E-state index is 0.271. The monoisotopic (exact) mass is 299 g/mol. The molecular weight excluding hydrogens is 278 g/mol. The van der Waals surface area contributed by atoms with E-state index in [1.165, 1.54) is 5.56 Å². The van der Waals surface area contributed by atoms with E-state index in [0.717, 1.165) is 12.2 Å². The lowest BCUT2D eigenvalue weighted by Gasteiger charge is -2.19. The first-order valence-corrected chi connectivity index (χ1v) is 9.43. The molecule has 1 saturated heterocycles. The van der Waals surface area contributed by atoms with Crippen LogP contribution in [0.3, 0.4) is 0 Å². The molecule has 3 nitrogen and oxygen atoms in total. The van der Waals surface area contributed by atoms with Crippen molar-refractivity contribution in [1.82, 2.24) is 4.31 Å². The molecular formula is C14H21NO2S2. The summed E-state index contributed by atoms with van der Waals surface area (Å²) in [4.78, 5) is 0. The maximum atomic E-state index is 12.1. The van der Waals surface area contributed by atoms with Gasteiger partial charge in [0.1, 0.15) is 0 Å². The quantitative estimate of drug-likeness (QED) is 0.858. The van der Waals surface area contributed by atoms with Crippen LogP contribution in [-0.2, 0) is 10.0 Å². The molecule has 5 heteroatoms. The summed E-state index contributed by atoms with van der Waals surface area (Å²) in [7, 11) is -3.04. The van der Waals surface area contributed by atoms with E-state index in [9.17, 15) is 8.42 Å². The summed E-state index contributed by atoms with van der Waals surface area (Å²) in [6, 6.07) is 10.4. The van der Waals surface area contributed by atoms with Crippen LogP contribution >= 0.6 is 11.8 Å². The van der Waals surface area contributed by atoms with Crippen molar-refractivity contribution >= 4 is 21.8 Å². The highest BCUT2D eigenvalue weighted by molar-refractivity contribution is 7.99. The van der Waals surface area contributed by atoms with Gasteiger partial charge in [0.05, 0.1) is 5.75 Å². The van der Waals surface area contributed by atoms with Gasteiger partial charge in [-0.05, 0) is 18.4 Å². The molecule has 1 aromatic rings. The molecule has 1 aliphatic rings. The maximum Gasteiger partial charge on any atom is 0.214 e. The molecule has 1 aromatic carbocycles. The van der Waals surface area contributed by atoms with Gasteiger partial charge in [-0.15, -0.1) is 0 Å². The molecule has 1 unspecified atom stereocenters. The average molecular weight is 299 g/mol. The smallest absolute Gasteiger partial charge is 0.212 e. The summed E-state index contributed by atoms with van der Waals surface area (Å²) in [5.41, 5.74) is 1.31. The molecule has 0 bridgehead atoms. The van der Waals surface area contributed by atoms with E-state index >= 15 is 0 Å². The van der Waals surface area contributed by atoms with Crippen molar-refractivity contribution in [3.63, 3.8) is 0 Å². The second-order valence-electron chi connectivity index (χ2n) is 4.77. The number of thioether (sulfide) groups is 1. The molecule has 19 heavy (non-hydrogen) atoms. The minimum atomic E-state index is -3.04. The SMILES string of the molecule is CCCS(=O)(=O)N1CCSC(c2ccccc2)CC1. The van der Waals surface area contributed by atoms with E-state index in [0.29, 0.717) is 24.8 Å². The van der Waals surface area contributed by atoms with Crippen molar-refractivity contribution < 1.29 is 8.42 Å². The molecule has 0 amide bonds. The predicted octanol–water partition coefficient (Wildman–Crippen LogP) is 2.91. The maximum absolute atomic E-state index is 12.1. The van der Waals surface area contributed by atoms with Crippen LogP contribution in [0.15, 0.2) is 30.3 Å². The Morgan fingerprint density at radius 1 is 1.26 bits per heavy atom. The number of rotatable bonds is 4. The number of sulfonamides is 1. The molecule has 0 aromatic heterocycles. The lowest BCUT2D eigenvalue weighted by atomic mass is 10.1. The zero-order valence-corrected chi connectivity index (χ0v) is 12.9. The predicted molar refractivity (Wildman–Crippen MR) is 81.9 cm³/mol. The topological polar surface area (TPSA) is 37.4 Å². The summed E-state index contributed by atoms with van der Waals surface area (Å²) >= 11 is 1.87. The molecule has 1 heterocycles. The molecule has 0 spiro atoms. The summed E-state index contributed by atoms with van der Waals surface area (Å²) < 4.78 is 25.9. The van der Waals surface area contributed by atoms with Crippen LogP contribution in [0.25, 0.3) is 0 Å². The molecule has 1 atom stereocenters. The van der Waals surface area contributed by atoms with E-state index in [2.05, 4.69) is 12.1 Å². The van der Waals surface area contributed by atoms with Crippen LogP contribution in [0.4, 0.5) is 0 Å². The minimum Gasteiger partial charge on any atom is -0.212 e. The van der Waals surface area contributed by atoms with E-state index in [1.54, 1.807) is 4.31 Å². The zero-order chi connectivity index (χ0) is 13.7. The van der Waals surface area contributed by atoms with Gasteiger partial charge in [0.25, 0.3) is 0 Å². The summed E-state index contributed by atoms with van der Waals surface area (Å²) in [5, 5.41) is 0.419. The van der Waals surface area contributed by atoms with Crippen LogP contribution in [0.2, 0.25) is 0 Å². The van der Waals surface area contributed by atoms with Crippen LogP contribution in [0.5, 0.6) is 0 Å². The zero-order valence-electron chi connectivity index (χ0n) is 11.3. The van der Waals surface area contributed by atoms with Crippen molar-refractivity contribution in [2.24, 2.45) is 0 Å². The lowest BCUT2D eigenvalue weighted by Crippen LogP contribution is -2.34.